The monoisotopic (exact) mass is 403 g/mol. The minimum atomic E-state index is -0.396. The molecule has 1 aromatic heterocycles. The first-order valence-corrected chi connectivity index (χ1v) is 8.03. The summed E-state index contributed by atoms with van der Waals surface area (Å²) in [6, 6.07) is 12.2. The van der Waals surface area contributed by atoms with Crippen molar-refractivity contribution in [2.75, 3.05) is 19.5 Å². The van der Waals surface area contributed by atoms with Crippen LogP contribution in [0.25, 0.3) is 11.5 Å². The molecule has 1 heterocycles. The fourth-order valence-electron chi connectivity index (χ4n) is 2.13. The molecule has 0 saturated carbocycles. The summed E-state index contributed by atoms with van der Waals surface area (Å²) in [5.74, 6) is 0.910. The van der Waals surface area contributed by atoms with Crippen molar-refractivity contribution in [2.45, 2.75) is 0 Å². The number of methoxy groups -OCH3 is 2. The Balaban J connectivity index is 1.76. The van der Waals surface area contributed by atoms with Crippen molar-refractivity contribution in [1.29, 1.82) is 0 Å². The van der Waals surface area contributed by atoms with E-state index in [0.29, 0.717) is 23.0 Å². The molecule has 128 valence electrons. The van der Waals surface area contributed by atoms with Crippen LogP contribution in [0.3, 0.4) is 0 Å². The summed E-state index contributed by atoms with van der Waals surface area (Å²) in [5, 5.41) is 10.3. The van der Waals surface area contributed by atoms with E-state index in [9.17, 15) is 4.79 Å². The molecule has 0 aliphatic rings. The van der Waals surface area contributed by atoms with E-state index in [1.165, 1.54) is 14.2 Å². The third-order valence-corrected chi connectivity index (χ3v) is 3.91. The molecule has 8 heteroatoms. The van der Waals surface area contributed by atoms with Gasteiger partial charge >= 0.3 is 6.01 Å². The third kappa shape index (κ3) is 3.80. The van der Waals surface area contributed by atoms with E-state index < -0.39 is 5.91 Å². The number of aromatic nitrogens is 2. The number of hydrogen-bond donors (Lipinski definition) is 1. The average Bonchev–Trinajstić information content (AvgIpc) is 3.10. The predicted molar refractivity (Wildman–Crippen MR) is 94.9 cm³/mol. The molecule has 0 unspecified atom stereocenters. The molecule has 0 spiro atoms. The maximum absolute atomic E-state index is 12.3. The first-order chi connectivity index (χ1) is 12.1. The lowest BCUT2D eigenvalue weighted by atomic mass is 10.2. The van der Waals surface area contributed by atoms with Crippen LogP contribution in [0.1, 0.15) is 10.4 Å². The maximum atomic E-state index is 12.3. The summed E-state index contributed by atoms with van der Waals surface area (Å²) in [6.45, 7) is 0. The lowest BCUT2D eigenvalue weighted by Gasteiger charge is -2.08. The lowest BCUT2D eigenvalue weighted by Crippen LogP contribution is -2.12. The zero-order chi connectivity index (χ0) is 17.8. The normalized spacial score (nSPS) is 10.4. The molecule has 7 nitrogen and oxygen atoms in total. The Labute approximate surface area is 152 Å². The number of carbonyl (C=O) groups excluding carboxylic acids is 1. The highest BCUT2D eigenvalue weighted by Gasteiger charge is 2.15. The number of carbonyl (C=O) groups is 1. The molecule has 3 aromatic rings. The molecule has 0 aliphatic heterocycles. The topological polar surface area (TPSA) is 86.5 Å². The highest BCUT2D eigenvalue weighted by atomic mass is 79.9. The van der Waals surface area contributed by atoms with Gasteiger partial charge in [-0.15, -0.1) is 5.10 Å². The van der Waals surface area contributed by atoms with E-state index in [-0.39, 0.29) is 6.01 Å². The zero-order valence-electron chi connectivity index (χ0n) is 13.4. The summed E-state index contributed by atoms with van der Waals surface area (Å²) < 4.78 is 16.8. The van der Waals surface area contributed by atoms with Gasteiger partial charge in [-0.2, -0.15) is 0 Å². The van der Waals surface area contributed by atoms with Crippen LogP contribution in [0.5, 0.6) is 11.5 Å². The van der Waals surface area contributed by atoms with E-state index in [1.807, 2.05) is 24.3 Å². The van der Waals surface area contributed by atoms with Gasteiger partial charge in [0.2, 0.25) is 5.89 Å². The minimum Gasteiger partial charge on any atom is -0.493 e. The van der Waals surface area contributed by atoms with Crippen molar-refractivity contribution < 1.29 is 18.7 Å². The number of amides is 1. The number of nitrogens with zero attached hydrogens (tertiary/aromatic N) is 2. The molecular weight excluding hydrogens is 390 g/mol. The molecular formula is C17H14BrN3O4. The van der Waals surface area contributed by atoms with Gasteiger partial charge in [-0.3, -0.25) is 10.1 Å². The van der Waals surface area contributed by atoms with E-state index in [4.69, 9.17) is 13.9 Å². The van der Waals surface area contributed by atoms with Crippen LogP contribution in [0.15, 0.2) is 51.4 Å². The van der Waals surface area contributed by atoms with E-state index in [1.54, 1.807) is 18.2 Å². The number of ether oxygens (including phenoxy) is 2. The summed E-state index contributed by atoms with van der Waals surface area (Å²) in [4.78, 5) is 12.3. The van der Waals surface area contributed by atoms with Crippen molar-refractivity contribution in [2.24, 2.45) is 0 Å². The van der Waals surface area contributed by atoms with Gasteiger partial charge in [0.15, 0.2) is 11.5 Å². The van der Waals surface area contributed by atoms with Crippen molar-refractivity contribution in [1.82, 2.24) is 10.2 Å². The van der Waals surface area contributed by atoms with Crippen LogP contribution in [-0.2, 0) is 0 Å². The second kappa shape index (κ2) is 7.35. The van der Waals surface area contributed by atoms with Gasteiger partial charge < -0.3 is 13.9 Å². The number of nitrogens with one attached hydrogen (secondary N) is 1. The van der Waals surface area contributed by atoms with Gasteiger partial charge in [-0.25, -0.2) is 0 Å². The van der Waals surface area contributed by atoms with Crippen molar-refractivity contribution in [3.05, 3.63) is 52.5 Å². The zero-order valence-corrected chi connectivity index (χ0v) is 15.0. The van der Waals surface area contributed by atoms with E-state index >= 15 is 0 Å². The summed E-state index contributed by atoms with van der Waals surface area (Å²) in [6.07, 6.45) is 0. The Bertz CT molecular complexity index is 893. The Morgan fingerprint density at radius 3 is 2.44 bits per heavy atom. The standard InChI is InChI=1S/C17H14BrN3O4/c1-23-13-8-5-11(9-14(13)24-2)15(22)19-17-21-20-16(25-17)10-3-6-12(18)7-4-10/h3-9H,1-2H3,(H,19,21,22). The van der Waals surface area contributed by atoms with Gasteiger partial charge in [0.25, 0.3) is 5.91 Å². The predicted octanol–water partition coefficient (Wildman–Crippen LogP) is 3.77. The molecule has 0 fully saturated rings. The highest BCUT2D eigenvalue weighted by molar-refractivity contribution is 9.10. The molecule has 2 aromatic carbocycles. The maximum Gasteiger partial charge on any atom is 0.322 e. The van der Waals surface area contributed by atoms with Crippen LogP contribution in [0.4, 0.5) is 6.01 Å². The quantitative estimate of drug-likeness (QED) is 0.697. The summed E-state index contributed by atoms with van der Waals surface area (Å²) in [5.41, 5.74) is 1.13. The van der Waals surface area contributed by atoms with Crippen LogP contribution >= 0.6 is 15.9 Å². The lowest BCUT2D eigenvalue weighted by molar-refractivity contribution is 0.102. The van der Waals surface area contributed by atoms with Crippen LogP contribution in [-0.4, -0.2) is 30.3 Å². The van der Waals surface area contributed by atoms with Crippen molar-refractivity contribution >= 4 is 27.9 Å². The van der Waals surface area contributed by atoms with Gasteiger partial charge in [-0.05, 0) is 42.5 Å². The minimum absolute atomic E-state index is 0.0118. The molecule has 1 N–H and O–H groups in total. The first-order valence-electron chi connectivity index (χ1n) is 7.23. The van der Waals surface area contributed by atoms with Gasteiger partial charge in [0.1, 0.15) is 0 Å². The number of halogens is 1. The number of benzene rings is 2. The summed E-state index contributed by atoms with van der Waals surface area (Å²) in [7, 11) is 3.03. The van der Waals surface area contributed by atoms with Crippen molar-refractivity contribution in [3.8, 4) is 23.0 Å². The molecule has 25 heavy (non-hydrogen) atoms. The molecule has 0 atom stereocenters. The van der Waals surface area contributed by atoms with E-state index in [0.717, 1.165) is 10.0 Å². The number of anilines is 1. The fraction of sp³-hybridized carbons (Fsp3) is 0.118. The van der Waals surface area contributed by atoms with Gasteiger partial charge in [-0.1, -0.05) is 21.0 Å². The van der Waals surface area contributed by atoms with Crippen LogP contribution in [0, 0.1) is 0 Å². The van der Waals surface area contributed by atoms with Gasteiger partial charge in [0.05, 0.1) is 14.2 Å². The smallest absolute Gasteiger partial charge is 0.322 e. The average molecular weight is 404 g/mol. The molecule has 0 aliphatic carbocycles. The molecule has 3 rings (SSSR count). The second-order valence-electron chi connectivity index (χ2n) is 4.94. The Morgan fingerprint density at radius 1 is 1.04 bits per heavy atom. The van der Waals surface area contributed by atoms with Crippen molar-refractivity contribution in [3.63, 3.8) is 0 Å². The van der Waals surface area contributed by atoms with E-state index in [2.05, 4.69) is 31.4 Å². The molecule has 1 amide bonds. The Kier molecular flexibility index (Phi) is 4.99. The largest absolute Gasteiger partial charge is 0.493 e. The number of rotatable bonds is 5. The SMILES string of the molecule is COc1ccc(C(=O)Nc2nnc(-c3ccc(Br)cc3)o2)cc1OC. The first kappa shape index (κ1) is 17.0. The molecule has 0 radical (unpaired) electrons. The highest BCUT2D eigenvalue weighted by Crippen LogP contribution is 2.28. The van der Waals surface area contributed by atoms with Crippen LogP contribution in [0.2, 0.25) is 0 Å². The number of hydrogen-bond acceptors (Lipinski definition) is 6. The Morgan fingerprint density at radius 2 is 1.76 bits per heavy atom. The second-order valence-corrected chi connectivity index (χ2v) is 5.86. The Hall–Kier alpha value is -2.87. The molecule has 0 saturated heterocycles. The fourth-order valence-corrected chi connectivity index (χ4v) is 2.39. The third-order valence-electron chi connectivity index (χ3n) is 3.38. The molecule has 0 bridgehead atoms. The summed E-state index contributed by atoms with van der Waals surface area (Å²) >= 11 is 3.36. The van der Waals surface area contributed by atoms with Gasteiger partial charge in [0, 0.05) is 15.6 Å². The van der Waals surface area contributed by atoms with Crippen LogP contribution < -0.4 is 14.8 Å².